The van der Waals surface area contributed by atoms with E-state index in [1.807, 2.05) is 11.8 Å². The van der Waals surface area contributed by atoms with Crippen molar-refractivity contribution in [1.82, 2.24) is 0 Å². The summed E-state index contributed by atoms with van der Waals surface area (Å²) < 4.78 is 0. The van der Waals surface area contributed by atoms with Crippen molar-refractivity contribution in [2.45, 2.75) is 0 Å². The molecule has 8 heavy (non-hydrogen) atoms. The van der Waals surface area contributed by atoms with Crippen LogP contribution >= 0.6 is 0 Å². The molecule has 0 N–H and O–H groups in total. The van der Waals surface area contributed by atoms with Gasteiger partial charge in [0, 0.05) is 0 Å². The number of hydrogen-bond acceptors (Lipinski definition) is 0. The van der Waals surface area contributed by atoms with Gasteiger partial charge in [-0.3, -0.25) is 0 Å². The van der Waals surface area contributed by atoms with Gasteiger partial charge in [0.1, 0.15) is 0 Å². The second-order valence-corrected chi connectivity index (χ2v) is 3.01. The molecule has 2 unspecified atom stereocenters. The Morgan fingerprint density at radius 2 is 1.12 bits per heavy atom. The van der Waals surface area contributed by atoms with Crippen LogP contribution in [0, 0.1) is 35.5 Å². The standard InChI is InChI=1S/C6H4.2Li/c1-2-3(1)6-4(1)5(2)6;;/h1-2,4,6H;;/q-2;2*+1. The predicted octanol–water partition coefficient (Wildman–Crippen LogP) is -5.34. The molecule has 0 aromatic carbocycles. The van der Waals surface area contributed by atoms with Crippen LogP contribution in [0.1, 0.15) is 0 Å². The zero-order valence-corrected chi connectivity index (χ0v) is 5.31. The molecule has 0 nitrogen and oxygen atoms in total. The Morgan fingerprint density at radius 1 is 0.750 bits per heavy atom. The van der Waals surface area contributed by atoms with Crippen molar-refractivity contribution in [2.24, 2.45) is 23.7 Å². The molecular weight excluding hydrogens is 85.9 g/mol. The smallest absolute Gasteiger partial charge is 0.373 e. The summed E-state index contributed by atoms with van der Waals surface area (Å²) in [5.74, 6) is 8.67. The molecule has 0 aromatic heterocycles. The summed E-state index contributed by atoms with van der Waals surface area (Å²) in [5.41, 5.74) is 0. The van der Waals surface area contributed by atoms with Gasteiger partial charge in [0.25, 0.3) is 0 Å². The van der Waals surface area contributed by atoms with Crippen LogP contribution in [-0.4, -0.2) is 0 Å². The maximum atomic E-state index is 1.95. The van der Waals surface area contributed by atoms with E-state index >= 15 is 0 Å². The van der Waals surface area contributed by atoms with E-state index in [0.29, 0.717) is 0 Å². The molecule has 2 atom stereocenters. The first-order valence-electron chi connectivity index (χ1n) is 2.73. The van der Waals surface area contributed by atoms with Crippen molar-refractivity contribution >= 4 is 0 Å². The zero-order valence-electron chi connectivity index (χ0n) is 5.31. The van der Waals surface area contributed by atoms with E-state index in [9.17, 15) is 0 Å². The fraction of sp³-hybridized carbons (Fsp3) is 0.667. The molecule has 30 valence electrons. The molecule has 0 bridgehead atoms. The van der Waals surface area contributed by atoms with E-state index in [1.54, 1.807) is 0 Å². The van der Waals surface area contributed by atoms with E-state index in [2.05, 4.69) is 0 Å². The van der Waals surface area contributed by atoms with Crippen LogP contribution in [0.2, 0.25) is 0 Å². The first-order valence-corrected chi connectivity index (χ1v) is 2.73. The van der Waals surface area contributed by atoms with E-state index in [1.165, 1.54) is 23.7 Å². The molecule has 0 aromatic rings. The molecule has 0 saturated heterocycles. The second kappa shape index (κ2) is 1.15. The quantitative estimate of drug-likeness (QED) is 0.206. The summed E-state index contributed by atoms with van der Waals surface area (Å²) in [7, 11) is 0. The number of rotatable bonds is 0. The van der Waals surface area contributed by atoms with E-state index in [4.69, 9.17) is 0 Å². The summed E-state index contributed by atoms with van der Waals surface area (Å²) in [6.07, 6.45) is 0. The van der Waals surface area contributed by atoms with Gasteiger partial charge < -0.3 is 23.7 Å². The summed E-state index contributed by atoms with van der Waals surface area (Å²) in [5, 5.41) is 0. The molecule has 5 aliphatic carbocycles. The normalized spacial score (nSPS) is 67.5. The minimum atomic E-state index is 0. The Labute approximate surface area is 73.1 Å². The fourth-order valence-corrected chi connectivity index (χ4v) is 2.70. The van der Waals surface area contributed by atoms with Crippen molar-refractivity contribution in [3.63, 3.8) is 0 Å². The first kappa shape index (κ1) is 5.94. The summed E-state index contributed by atoms with van der Waals surface area (Å²) in [6.45, 7) is 0. The maximum Gasteiger partial charge on any atom is 1.00 e. The van der Waals surface area contributed by atoms with Crippen molar-refractivity contribution < 1.29 is 37.7 Å². The van der Waals surface area contributed by atoms with Crippen molar-refractivity contribution in [3.05, 3.63) is 11.8 Å². The van der Waals surface area contributed by atoms with Crippen LogP contribution < -0.4 is 37.7 Å². The third-order valence-corrected chi connectivity index (χ3v) is 3.09. The van der Waals surface area contributed by atoms with Gasteiger partial charge in [-0.15, -0.1) is 0 Å². The summed E-state index contributed by atoms with van der Waals surface area (Å²) >= 11 is 0. The van der Waals surface area contributed by atoms with Gasteiger partial charge in [0.15, 0.2) is 0 Å². The van der Waals surface area contributed by atoms with Gasteiger partial charge in [-0.05, 0) is 0 Å². The first-order chi connectivity index (χ1) is 3.00. The Balaban J connectivity index is 0.000000135. The van der Waals surface area contributed by atoms with E-state index in [-0.39, 0.29) is 37.7 Å². The Morgan fingerprint density at radius 3 is 1.25 bits per heavy atom. The Bertz CT molecular complexity index is 81.5. The monoisotopic (exact) mass is 90.1 g/mol. The average Bonchev–Trinajstić information content (AvgIpc) is 1.64. The van der Waals surface area contributed by atoms with Gasteiger partial charge in [-0.1, -0.05) is 0 Å². The third kappa shape index (κ3) is 0.251. The van der Waals surface area contributed by atoms with Crippen molar-refractivity contribution in [1.29, 1.82) is 0 Å². The maximum absolute atomic E-state index is 1.95. The predicted molar refractivity (Wildman–Crippen MR) is 20.4 cm³/mol. The van der Waals surface area contributed by atoms with Crippen LogP contribution in [0.5, 0.6) is 0 Å². The SMILES string of the molecule is [C-]12C3[C-]4C1C4C23.[Li+].[Li+]. The fourth-order valence-electron chi connectivity index (χ4n) is 2.70. The van der Waals surface area contributed by atoms with Gasteiger partial charge in [0.05, 0.1) is 0 Å². The Kier molecular flexibility index (Phi) is 0.855. The molecule has 0 amide bonds. The molecule has 5 rings (SSSR count). The molecule has 5 fully saturated rings. The van der Waals surface area contributed by atoms with Crippen molar-refractivity contribution in [3.8, 4) is 0 Å². The molecule has 0 aliphatic heterocycles. The minimum absolute atomic E-state index is 0. The molecular formula is C6H4Li2. The number of hydrogen-bond donors (Lipinski definition) is 0. The molecule has 0 spiro atoms. The van der Waals surface area contributed by atoms with Gasteiger partial charge in [-0.2, -0.15) is 0 Å². The molecule has 2 heteroatoms. The van der Waals surface area contributed by atoms with Crippen LogP contribution in [0.15, 0.2) is 0 Å². The van der Waals surface area contributed by atoms with Crippen LogP contribution in [0.25, 0.3) is 0 Å². The van der Waals surface area contributed by atoms with E-state index < -0.39 is 0 Å². The molecule has 0 radical (unpaired) electrons. The van der Waals surface area contributed by atoms with Gasteiger partial charge >= 0.3 is 37.7 Å². The summed E-state index contributed by atoms with van der Waals surface area (Å²) in [6, 6.07) is 0. The van der Waals surface area contributed by atoms with E-state index in [0.717, 1.165) is 0 Å². The Hall–Kier alpha value is 1.19. The van der Waals surface area contributed by atoms with Crippen LogP contribution in [-0.2, 0) is 0 Å². The largest absolute Gasteiger partial charge is 1.00 e. The van der Waals surface area contributed by atoms with Crippen LogP contribution in [0.3, 0.4) is 0 Å². The molecule has 5 saturated carbocycles. The van der Waals surface area contributed by atoms with Gasteiger partial charge in [-0.25, -0.2) is 11.8 Å². The third-order valence-electron chi connectivity index (χ3n) is 3.09. The van der Waals surface area contributed by atoms with Crippen molar-refractivity contribution in [2.75, 3.05) is 0 Å². The average molecular weight is 90.0 g/mol. The minimum Gasteiger partial charge on any atom is -0.373 e. The molecule has 5 aliphatic rings. The second-order valence-electron chi connectivity index (χ2n) is 3.01. The van der Waals surface area contributed by atoms with Gasteiger partial charge in [0.2, 0.25) is 0 Å². The summed E-state index contributed by atoms with van der Waals surface area (Å²) in [4.78, 5) is 0. The molecule has 0 heterocycles. The van der Waals surface area contributed by atoms with Crippen LogP contribution in [0.4, 0.5) is 0 Å². The zero-order chi connectivity index (χ0) is 3.46. The topological polar surface area (TPSA) is 0 Å².